The second-order valence-electron chi connectivity index (χ2n) is 6.54. The molecule has 3 aliphatic rings. The molecule has 2 fully saturated rings. The summed E-state index contributed by atoms with van der Waals surface area (Å²) in [4.78, 5) is 0. The van der Waals surface area contributed by atoms with Crippen molar-refractivity contribution in [3.05, 3.63) is 22.8 Å². The van der Waals surface area contributed by atoms with Gasteiger partial charge in [-0.25, -0.2) is 0 Å². The first-order chi connectivity index (χ1) is 9.34. The van der Waals surface area contributed by atoms with Crippen LogP contribution in [0, 0.1) is 0 Å². The molecule has 0 radical (unpaired) electrons. The standard InChI is InChI=1S/C17H28P2/c18-14-11-12-17(13-14)19(15-7-3-1-4-8-15)16-9-5-2-6-10-16/h12-13,15-16H,1-11,18H2. The summed E-state index contributed by atoms with van der Waals surface area (Å²) in [5.74, 6) is 0. The Morgan fingerprint density at radius 2 is 1.37 bits per heavy atom. The van der Waals surface area contributed by atoms with E-state index in [1.54, 1.807) is 5.31 Å². The van der Waals surface area contributed by atoms with Crippen LogP contribution in [-0.4, -0.2) is 11.3 Å². The Morgan fingerprint density at radius 1 is 0.842 bits per heavy atom. The van der Waals surface area contributed by atoms with E-state index < -0.39 is 0 Å². The molecule has 0 aliphatic heterocycles. The Kier molecular flexibility index (Phi) is 5.16. The van der Waals surface area contributed by atoms with E-state index in [0.717, 1.165) is 11.3 Å². The normalized spacial score (nSPS) is 26.6. The van der Waals surface area contributed by atoms with Crippen LogP contribution in [0.1, 0.15) is 70.6 Å². The van der Waals surface area contributed by atoms with Gasteiger partial charge in [-0.2, -0.15) is 0 Å². The van der Waals surface area contributed by atoms with Gasteiger partial charge >= 0.3 is 0 Å². The van der Waals surface area contributed by atoms with Gasteiger partial charge in [0.05, 0.1) is 0 Å². The van der Waals surface area contributed by atoms with Crippen molar-refractivity contribution in [3.8, 4) is 0 Å². The molecule has 3 rings (SSSR count). The molecule has 0 aromatic heterocycles. The summed E-state index contributed by atoms with van der Waals surface area (Å²) in [6.07, 6.45) is 21.4. The Balaban J connectivity index is 1.77. The predicted molar refractivity (Wildman–Crippen MR) is 91.2 cm³/mol. The molecule has 0 heterocycles. The van der Waals surface area contributed by atoms with Crippen molar-refractivity contribution in [2.75, 3.05) is 0 Å². The fourth-order valence-corrected chi connectivity index (χ4v) is 8.49. The molecular formula is C17H28P2. The Labute approximate surface area is 122 Å². The van der Waals surface area contributed by atoms with Gasteiger partial charge in [-0.05, 0) is 54.1 Å². The average molecular weight is 294 g/mol. The smallest absolute Gasteiger partial charge is 0.00886 e. The number of hydrogen-bond donors (Lipinski definition) is 0. The molecule has 0 bridgehead atoms. The zero-order valence-electron chi connectivity index (χ0n) is 12.1. The third-order valence-electron chi connectivity index (χ3n) is 5.11. The maximum Gasteiger partial charge on any atom is -0.00886 e. The molecule has 0 saturated heterocycles. The van der Waals surface area contributed by atoms with Crippen LogP contribution in [0.4, 0.5) is 0 Å². The highest BCUT2D eigenvalue weighted by atomic mass is 31.1. The van der Waals surface area contributed by atoms with Crippen LogP contribution >= 0.6 is 17.2 Å². The summed E-state index contributed by atoms with van der Waals surface area (Å²) >= 11 is 0. The van der Waals surface area contributed by atoms with Crippen molar-refractivity contribution in [1.82, 2.24) is 0 Å². The van der Waals surface area contributed by atoms with Crippen molar-refractivity contribution >= 4 is 17.2 Å². The van der Waals surface area contributed by atoms with Crippen molar-refractivity contribution < 1.29 is 0 Å². The quantitative estimate of drug-likeness (QED) is 0.545. The zero-order chi connectivity index (χ0) is 13.1. The van der Waals surface area contributed by atoms with Crippen LogP contribution in [0.15, 0.2) is 22.8 Å². The van der Waals surface area contributed by atoms with Gasteiger partial charge in [0.2, 0.25) is 0 Å². The van der Waals surface area contributed by atoms with Crippen LogP contribution in [-0.2, 0) is 0 Å². The highest BCUT2D eigenvalue weighted by molar-refractivity contribution is 7.63. The first kappa shape index (κ1) is 14.3. The number of rotatable bonds is 3. The van der Waals surface area contributed by atoms with Gasteiger partial charge in [-0.15, -0.1) is 9.24 Å². The third-order valence-corrected chi connectivity index (χ3v) is 9.03. The fourth-order valence-electron chi connectivity index (χ4n) is 4.15. The molecule has 0 aromatic carbocycles. The van der Waals surface area contributed by atoms with E-state index in [9.17, 15) is 0 Å². The minimum atomic E-state index is 0.147. The molecule has 0 aromatic rings. The molecule has 19 heavy (non-hydrogen) atoms. The van der Waals surface area contributed by atoms with Crippen LogP contribution in [0.2, 0.25) is 0 Å². The summed E-state index contributed by atoms with van der Waals surface area (Å²) in [6.45, 7) is 0. The lowest BCUT2D eigenvalue weighted by molar-refractivity contribution is 0.486. The van der Waals surface area contributed by atoms with Gasteiger partial charge in [0.15, 0.2) is 0 Å². The molecule has 106 valence electrons. The average Bonchev–Trinajstić information content (AvgIpc) is 2.88. The third kappa shape index (κ3) is 3.51. The lowest BCUT2D eigenvalue weighted by Gasteiger charge is -2.39. The Hall–Kier alpha value is 0.340. The molecule has 0 nitrogen and oxygen atoms in total. The molecular weight excluding hydrogens is 266 g/mol. The van der Waals surface area contributed by atoms with Crippen molar-refractivity contribution in [3.63, 3.8) is 0 Å². The highest BCUT2D eigenvalue weighted by Crippen LogP contribution is 2.62. The van der Waals surface area contributed by atoms with E-state index in [0.29, 0.717) is 0 Å². The maximum absolute atomic E-state index is 2.94. The van der Waals surface area contributed by atoms with Crippen molar-refractivity contribution in [2.45, 2.75) is 81.9 Å². The summed E-state index contributed by atoms with van der Waals surface area (Å²) in [7, 11) is 3.09. The van der Waals surface area contributed by atoms with Gasteiger partial charge in [0.25, 0.3) is 0 Å². The maximum atomic E-state index is 2.94. The van der Waals surface area contributed by atoms with Gasteiger partial charge in [0.1, 0.15) is 0 Å². The van der Waals surface area contributed by atoms with E-state index >= 15 is 0 Å². The second kappa shape index (κ2) is 6.87. The minimum Gasteiger partial charge on any atom is -0.110 e. The van der Waals surface area contributed by atoms with Crippen molar-refractivity contribution in [2.24, 2.45) is 0 Å². The van der Waals surface area contributed by atoms with E-state index in [1.165, 1.54) is 75.9 Å². The Morgan fingerprint density at radius 3 is 1.79 bits per heavy atom. The van der Waals surface area contributed by atoms with E-state index in [4.69, 9.17) is 0 Å². The molecule has 1 unspecified atom stereocenters. The van der Waals surface area contributed by atoms with Crippen molar-refractivity contribution in [1.29, 1.82) is 0 Å². The highest BCUT2D eigenvalue weighted by Gasteiger charge is 2.33. The lowest BCUT2D eigenvalue weighted by atomic mass is 9.99. The fraction of sp³-hybridized carbons (Fsp3) is 0.765. The van der Waals surface area contributed by atoms with E-state index in [-0.39, 0.29) is 7.92 Å². The van der Waals surface area contributed by atoms with Crippen LogP contribution in [0.5, 0.6) is 0 Å². The molecule has 0 amide bonds. The summed E-state index contributed by atoms with van der Waals surface area (Å²) in [6, 6.07) is 0. The predicted octanol–water partition coefficient (Wildman–Crippen LogP) is 6.18. The first-order valence-electron chi connectivity index (χ1n) is 8.29. The summed E-state index contributed by atoms with van der Waals surface area (Å²) < 4.78 is 0. The van der Waals surface area contributed by atoms with Gasteiger partial charge in [0, 0.05) is 0 Å². The SMILES string of the molecule is PC1=CC(P(C2CCCCC2)C2CCCCC2)=CC1. The molecule has 2 heteroatoms. The van der Waals surface area contributed by atoms with E-state index in [1.807, 2.05) is 0 Å². The molecule has 0 spiro atoms. The van der Waals surface area contributed by atoms with E-state index in [2.05, 4.69) is 21.4 Å². The second-order valence-corrected chi connectivity index (χ2v) is 10.1. The monoisotopic (exact) mass is 294 g/mol. The molecule has 3 aliphatic carbocycles. The lowest BCUT2D eigenvalue weighted by Crippen LogP contribution is -2.20. The van der Waals surface area contributed by atoms with Crippen LogP contribution < -0.4 is 0 Å². The summed E-state index contributed by atoms with van der Waals surface area (Å²) in [5.41, 5.74) is 2.12. The topological polar surface area (TPSA) is 0 Å². The molecule has 0 N–H and O–H groups in total. The zero-order valence-corrected chi connectivity index (χ0v) is 14.2. The molecule has 1 atom stereocenters. The first-order valence-corrected chi connectivity index (χ1v) is 10.3. The largest absolute Gasteiger partial charge is 0.110 e. The van der Waals surface area contributed by atoms with Gasteiger partial charge in [-0.3, -0.25) is 0 Å². The van der Waals surface area contributed by atoms with Crippen LogP contribution in [0.25, 0.3) is 0 Å². The number of hydrogen-bond acceptors (Lipinski definition) is 0. The van der Waals surface area contributed by atoms with Gasteiger partial charge in [-0.1, -0.05) is 58.6 Å². The Bertz CT molecular complexity index is 339. The number of allylic oxidation sites excluding steroid dienone is 4. The minimum absolute atomic E-state index is 0.147. The molecule has 2 saturated carbocycles. The van der Waals surface area contributed by atoms with Crippen LogP contribution in [0.3, 0.4) is 0 Å². The van der Waals surface area contributed by atoms with Gasteiger partial charge < -0.3 is 0 Å². The summed E-state index contributed by atoms with van der Waals surface area (Å²) in [5, 5.41) is 3.30.